The number of rotatable bonds is 5. The molecule has 1 aliphatic rings. The third-order valence-electron chi connectivity index (χ3n) is 5.66. The van der Waals surface area contributed by atoms with Crippen LogP contribution in [0.4, 0.5) is 23.5 Å². The number of alkyl halides is 3. The van der Waals surface area contributed by atoms with E-state index in [9.17, 15) is 22.4 Å². The summed E-state index contributed by atoms with van der Waals surface area (Å²) < 4.78 is 52.8. The van der Waals surface area contributed by atoms with Gasteiger partial charge in [0, 0.05) is 25.5 Å². The number of halogens is 4. The molecule has 4 rings (SSSR count). The van der Waals surface area contributed by atoms with Crippen LogP contribution < -0.4 is 5.32 Å². The van der Waals surface area contributed by atoms with Crippen LogP contribution in [0.5, 0.6) is 0 Å². The van der Waals surface area contributed by atoms with E-state index in [2.05, 4.69) is 25.5 Å². The van der Waals surface area contributed by atoms with Gasteiger partial charge in [0.25, 0.3) is 5.91 Å². The fourth-order valence-corrected chi connectivity index (χ4v) is 3.95. The first kappa shape index (κ1) is 22.6. The third-order valence-corrected chi connectivity index (χ3v) is 5.66. The van der Waals surface area contributed by atoms with Gasteiger partial charge in [0.2, 0.25) is 5.95 Å². The van der Waals surface area contributed by atoms with E-state index in [4.69, 9.17) is 0 Å². The quantitative estimate of drug-likeness (QED) is 0.582. The molecule has 174 valence electrons. The number of hydrogen-bond donors (Lipinski definition) is 1. The topological polar surface area (TPSA) is 88.8 Å². The standard InChI is InChI=1S/C21H21F4N7O/c1-13-4-3-9-31(17(13)12-28-20-26-10-14(11-27-20)21(23,24)25)19(33)15-5-2-6-16(22)18(15)32-29-7-8-30-32/h2,5-8,10-11,13,17H,3-4,9,12H2,1H3,(H,26,27,28). The van der Waals surface area contributed by atoms with Gasteiger partial charge in [-0.25, -0.2) is 14.4 Å². The lowest BCUT2D eigenvalue weighted by molar-refractivity contribution is -0.138. The van der Waals surface area contributed by atoms with Crippen LogP contribution >= 0.6 is 0 Å². The normalized spacial score (nSPS) is 18.9. The summed E-state index contributed by atoms with van der Waals surface area (Å²) in [6.45, 7) is 2.66. The first-order valence-electron chi connectivity index (χ1n) is 10.3. The molecule has 2 unspecified atom stereocenters. The monoisotopic (exact) mass is 463 g/mol. The Balaban J connectivity index is 1.56. The number of nitrogens with zero attached hydrogens (tertiary/aromatic N) is 6. The van der Waals surface area contributed by atoms with Crippen LogP contribution in [0.1, 0.15) is 35.7 Å². The molecule has 3 heterocycles. The van der Waals surface area contributed by atoms with Crippen molar-refractivity contribution in [1.29, 1.82) is 0 Å². The number of piperidine rings is 1. The molecule has 1 amide bonds. The highest BCUT2D eigenvalue weighted by atomic mass is 19.4. The van der Waals surface area contributed by atoms with Crippen molar-refractivity contribution in [3.05, 3.63) is 59.9 Å². The second-order valence-corrected chi connectivity index (χ2v) is 7.81. The van der Waals surface area contributed by atoms with Crippen LogP contribution in [-0.4, -0.2) is 54.9 Å². The zero-order valence-corrected chi connectivity index (χ0v) is 17.6. The van der Waals surface area contributed by atoms with Crippen molar-refractivity contribution in [2.45, 2.75) is 32.0 Å². The molecule has 1 aliphatic heterocycles. The third kappa shape index (κ3) is 4.78. The summed E-state index contributed by atoms with van der Waals surface area (Å²) in [6.07, 6.45) is 1.30. The molecular weight excluding hydrogens is 442 g/mol. The van der Waals surface area contributed by atoms with Gasteiger partial charge in [-0.1, -0.05) is 13.0 Å². The minimum Gasteiger partial charge on any atom is -0.352 e. The van der Waals surface area contributed by atoms with Gasteiger partial charge < -0.3 is 10.2 Å². The maximum absolute atomic E-state index is 14.6. The van der Waals surface area contributed by atoms with Crippen molar-refractivity contribution in [2.75, 3.05) is 18.4 Å². The highest BCUT2D eigenvalue weighted by molar-refractivity contribution is 5.98. The number of carbonyl (C=O) groups is 1. The zero-order valence-electron chi connectivity index (χ0n) is 17.6. The van der Waals surface area contributed by atoms with Crippen LogP contribution in [0.15, 0.2) is 43.0 Å². The Morgan fingerprint density at radius 2 is 1.88 bits per heavy atom. The summed E-state index contributed by atoms with van der Waals surface area (Å²) in [5.41, 5.74) is -0.860. The molecule has 1 saturated heterocycles. The van der Waals surface area contributed by atoms with E-state index in [-0.39, 0.29) is 41.6 Å². The van der Waals surface area contributed by atoms with Gasteiger partial charge in [-0.05, 0) is 30.9 Å². The first-order valence-corrected chi connectivity index (χ1v) is 10.3. The fraction of sp³-hybridized carbons (Fsp3) is 0.381. The molecule has 0 radical (unpaired) electrons. The zero-order chi connectivity index (χ0) is 23.6. The smallest absolute Gasteiger partial charge is 0.352 e. The number of carbonyl (C=O) groups excluding carboxylic acids is 1. The van der Waals surface area contributed by atoms with Crippen LogP contribution in [-0.2, 0) is 6.18 Å². The number of para-hydroxylation sites is 1. The van der Waals surface area contributed by atoms with Crippen LogP contribution in [0.2, 0.25) is 0 Å². The average molecular weight is 463 g/mol. The van der Waals surface area contributed by atoms with E-state index in [1.54, 1.807) is 4.90 Å². The molecule has 3 aromatic rings. The van der Waals surface area contributed by atoms with E-state index in [0.29, 0.717) is 18.9 Å². The molecule has 1 N–H and O–H groups in total. The van der Waals surface area contributed by atoms with Crippen molar-refractivity contribution in [3.8, 4) is 5.69 Å². The number of benzene rings is 1. The Kier molecular flexibility index (Phi) is 6.25. The number of hydrogen-bond acceptors (Lipinski definition) is 6. The highest BCUT2D eigenvalue weighted by Crippen LogP contribution is 2.29. The summed E-state index contributed by atoms with van der Waals surface area (Å²) in [6, 6.07) is 3.90. The lowest BCUT2D eigenvalue weighted by atomic mass is 9.90. The van der Waals surface area contributed by atoms with E-state index in [1.807, 2.05) is 6.92 Å². The Labute approximate surface area is 186 Å². The SMILES string of the molecule is CC1CCCN(C(=O)c2cccc(F)c2-n2nccn2)C1CNc1ncc(C(F)(F)F)cn1. The van der Waals surface area contributed by atoms with Crippen molar-refractivity contribution in [2.24, 2.45) is 5.92 Å². The molecule has 12 heteroatoms. The fourth-order valence-electron chi connectivity index (χ4n) is 3.95. The predicted octanol–water partition coefficient (Wildman–Crippen LogP) is 3.57. The molecule has 0 aliphatic carbocycles. The van der Waals surface area contributed by atoms with Crippen LogP contribution in [0, 0.1) is 11.7 Å². The van der Waals surface area contributed by atoms with Crippen LogP contribution in [0.3, 0.4) is 0 Å². The molecule has 8 nitrogen and oxygen atoms in total. The molecule has 0 spiro atoms. The van der Waals surface area contributed by atoms with Gasteiger partial charge in [0.15, 0.2) is 5.82 Å². The summed E-state index contributed by atoms with van der Waals surface area (Å²) in [4.78, 5) is 23.7. The minimum atomic E-state index is -4.52. The molecule has 2 aromatic heterocycles. The average Bonchev–Trinajstić information content (AvgIpc) is 3.31. The molecule has 33 heavy (non-hydrogen) atoms. The van der Waals surface area contributed by atoms with Gasteiger partial charge >= 0.3 is 6.18 Å². The number of amides is 1. The summed E-state index contributed by atoms with van der Waals surface area (Å²) in [5.74, 6) is -0.895. The molecule has 0 bridgehead atoms. The number of nitrogens with one attached hydrogen (secondary N) is 1. The van der Waals surface area contributed by atoms with E-state index < -0.39 is 17.6 Å². The van der Waals surface area contributed by atoms with E-state index in [0.717, 1.165) is 17.6 Å². The molecule has 0 saturated carbocycles. The summed E-state index contributed by atoms with van der Waals surface area (Å²) in [7, 11) is 0. The predicted molar refractivity (Wildman–Crippen MR) is 110 cm³/mol. The van der Waals surface area contributed by atoms with Gasteiger partial charge in [0.05, 0.1) is 29.6 Å². The Hall–Kier alpha value is -3.57. The second-order valence-electron chi connectivity index (χ2n) is 7.81. The van der Waals surface area contributed by atoms with Crippen molar-refractivity contribution in [3.63, 3.8) is 0 Å². The van der Waals surface area contributed by atoms with Crippen LogP contribution in [0.25, 0.3) is 5.69 Å². The lowest BCUT2D eigenvalue weighted by Crippen LogP contribution is -2.51. The van der Waals surface area contributed by atoms with Crippen molar-refractivity contribution in [1.82, 2.24) is 29.9 Å². The van der Waals surface area contributed by atoms with Gasteiger partial charge in [-0.3, -0.25) is 4.79 Å². The van der Waals surface area contributed by atoms with Gasteiger partial charge in [0.1, 0.15) is 5.69 Å². The molecule has 1 aromatic carbocycles. The van der Waals surface area contributed by atoms with Crippen molar-refractivity contribution >= 4 is 11.9 Å². The largest absolute Gasteiger partial charge is 0.419 e. The lowest BCUT2D eigenvalue weighted by Gasteiger charge is -2.40. The first-order chi connectivity index (χ1) is 15.8. The second kappa shape index (κ2) is 9.12. The Morgan fingerprint density at radius 3 is 2.55 bits per heavy atom. The Morgan fingerprint density at radius 1 is 1.18 bits per heavy atom. The molecule has 2 atom stereocenters. The van der Waals surface area contributed by atoms with E-state index >= 15 is 0 Å². The number of anilines is 1. The highest BCUT2D eigenvalue weighted by Gasteiger charge is 2.35. The number of aromatic nitrogens is 5. The number of likely N-dealkylation sites (tertiary alicyclic amines) is 1. The summed E-state index contributed by atoms with van der Waals surface area (Å²) >= 11 is 0. The minimum absolute atomic E-state index is 0.0281. The van der Waals surface area contributed by atoms with Gasteiger partial charge in [-0.2, -0.15) is 23.4 Å². The molecular formula is C21H21F4N7O. The summed E-state index contributed by atoms with van der Waals surface area (Å²) in [5, 5.41) is 10.8. The van der Waals surface area contributed by atoms with Gasteiger partial charge in [-0.15, -0.1) is 4.80 Å². The Bertz CT molecular complexity index is 1100. The maximum Gasteiger partial charge on any atom is 0.419 e. The van der Waals surface area contributed by atoms with Crippen molar-refractivity contribution < 1.29 is 22.4 Å². The van der Waals surface area contributed by atoms with E-state index in [1.165, 1.54) is 30.6 Å². The molecule has 1 fully saturated rings. The maximum atomic E-state index is 14.6.